The Hall–Kier alpha value is -1.36. The number of hydrazine groups is 1. The van der Waals surface area contributed by atoms with Crippen molar-refractivity contribution in [2.75, 3.05) is 10.7 Å². The molecule has 100 valence electrons. The number of aryl methyl sites for hydroxylation is 1. The number of hydrogen-bond acceptors (Lipinski definition) is 5. The molecule has 0 bridgehead atoms. The number of hydrogen-bond donors (Lipinski definition) is 3. The Morgan fingerprint density at radius 3 is 2.50 bits per heavy atom. The Kier molecular flexibility index (Phi) is 4.01. The highest BCUT2D eigenvalue weighted by atomic mass is 15.3. The van der Waals surface area contributed by atoms with E-state index in [9.17, 15) is 0 Å². The third-order valence-corrected chi connectivity index (χ3v) is 3.52. The Labute approximate surface area is 109 Å². The lowest BCUT2D eigenvalue weighted by Gasteiger charge is -2.34. The Morgan fingerprint density at radius 1 is 1.28 bits per heavy atom. The summed E-state index contributed by atoms with van der Waals surface area (Å²) in [7, 11) is 0. The predicted octanol–water partition coefficient (Wildman–Crippen LogP) is 2.23. The van der Waals surface area contributed by atoms with Crippen LogP contribution in [0, 0.1) is 12.8 Å². The molecule has 1 aromatic rings. The Bertz CT molecular complexity index is 412. The van der Waals surface area contributed by atoms with Crippen LogP contribution in [0.2, 0.25) is 0 Å². The van der Waals surface area contributed by atoms with Crippen LogP contribution in [-0.2, 0) is 6.42 Å². The van der Waals surface area contributed by atoms with Gasteiger partial charge in [0.1, 0.15) is 17.5 Å². The summed E-state index contributed by atoms with van der Waals surface area (Å²) in [5.41, 5.74) is 3.66. The predicted molar refractivity (Wildman–Crippen MR) is 74.4 cm³/mol. The average molecular weight is 249 g/mol. The third kappa shape index (κ3) is 2.72. The number of anilines is 2. The van der Waals surface area contributed by atoms with Crippen molar-refractivity contribution in [3.63, 3.8) is 0 Å². The van der Waals surface area contributed by atoms with Crippen molar-refractivity contribution in [1.29, 1.82) is 0 Å². The molecule has 1 saturated carbocycles. The highest BCUT2D eigenvalue weighted by Gasteiger charge is 2.26. The second-order valence-corrected chi connectivity index (χ2v) is 5.27. The standard InChI is InChI=1S/C13H23N5/c1-4-5-11-16-12(9(3)13(17-11)18-14)15-10-6-8(2)7-10/h8,10H,4-7,14H2,1-3H3,(H2,15,16,17,18). The van der Waals surface area contributed by atoms with Crippen LogP contribution in [0.1, 0.15) is 44.5 Å². The summed E-state index contributed by atoms with van der Waals surface area (Å²) < 4.78 is 0. The van der Waals surface area contributed by atoms with Gasteiger partial charge in [0.15, 0.2) is 0 Å². The highest BCUT2D eigenvalue weighted by Crippen LogP contribution is 2.30. The van der Waals surface area contributed by atoms with Crippen molar-refractivity contribution in [3.05, 3.63) is 11.4 Å². The lowest BCUT2D eigenvalue weighted by molar-refractivity contribution is 0.308. The smallest absolute Gasteiger partial charge is 0.148 e. The molecule has 4 N–H and O–H groups in total. The van der Waals surface area contributed by atoms with E-state index in [0.717, 1.165) is 41.8 Å². The molecule has 18 heavy (non-hydrogen) atoms. The fourth-order valence-electron chi connectivity index (χ4n) is 2.39. The molecular formula is C13H23N5. The van der Waals surface area contributed by atoms with Crippen LogP contribution in [0.4, 0.5) is 11.6 Å². The summed E-state index contributed by atoms with van der Waals surface area (Å²) >= 11 is 0. The molecule has 0 unspecified atom stereocenters. The molecule has 0 radical (unpaired) electrons. The molecule has 1 heterocycles. The van der Waals surface area contributed by atoms with Crippen LogP contribution < -0.4 is 16.6 Å². The molecule has 0 amide bonds. The van der Waals surface area contributed by atoms with Crippen LogP contribution in [0.3, 0.4) is 0 Å². The molecule has 1 aliphatic rings. The lowest BCUT2D eigenvalue weighted by Crippen LogP contribution is -2.34. The average Bonchev–Trinajstić information content (AvgIpc) is 2.31. The van der Waals surface area contributed by atoms with E-state index in [2.05, 4.69) is 34.6 Å². The molecule has 1 aromatic heterocycles. The summed E-state index contributed by atoms with van der Waals surface area (Å²) in [6.45, 7) is 6.40. The summed E-state index contributed by atoms with van der Waals surface area (Å²) in [5.74, 6) is 8.85. The topological polar surface area (TPSA) is 75.9 Å². The van der Waals surface area contributed by atoms with E-state index in [0.29, 0.717) is 6.04 Å². The molecule has 2 rings (SSSR count). The zero-order valence-corrected chi connectivity index (χ0v) is 11.5. The quantitative estimate of drug-likeness (QED) is 0.551. The van der Waals surface area contributed by atoms with E-state index in [1.165, 1.54) is 12.8 Å². The summed E-state index contributed by atoms with van der Waals surface area (Å²) in [6.07, 6.45) is 4.35. The molecule has 0 aromatic carbocycles. The maximum atomic E-state index is 5.52. The fourth-order valence-corrected chi connectivity index (χ4v) is 2.39. The minimum absolute atomic E-state index is 0.550. The first-order valence-electron chi connectivity index (χ1n) is 6.74. The molecule has 0 aliphatic heterocycles. The van der Waals surface area contributed by atoms with Crippen molar-refractivity contribution >= 4 is 11.6 Å². The fraction of sp³-hybridized carbons (Fsp3) is 0.692. The molecule has 0 spiro atoms. The van der Waals surface area contributed by atoms with Crippen molar-refractivity contribution in [2.45, 2.75) is 52.5 Å². The zero-order chi connectivity index (χ0) is 13.1. The van der Waals surface area contributed by atoms with Crippen LogP contribution in [-0.4, -0.2) is 16.0 Å². The normalized spacial score (nSPS) is 22.4. The first-order chi connectivity index (χ1) is 8.63. The van der Waals surface area contributed by atoms with Gasteiger partial charge in [-0.05, 0) is 32.1 Å². The number of rotatable bonds is 5. The molecule has 1 fully saturated rings. The van der Waals surface area contributed by atoms with Gasteiger partial charge in [-0.2, -0.15) is 0 Å². The van der Waals surface area contributed by atoms with Crippen molar-refractivity contribution < 1.29 is 0 Å². The molecule has 0 saturated heterocycles. The van der Waals surface area contributed by atoms with Gasteiger partial charge in [-0.25, -0.2) is 15.8 Å². The first-order valence-corrected chi connectivity index (χ1v) is 6.74. The van der Waals surface area contributed by atoms with Crippen molar-refractivity contribution in [1.82, 2.24) is 9.97 Å². The van der Waals surface area contributed by atoms with E-state index < -0.39 is 0 Å². The monoisotopic (exact) mass is 249 g/mol. The number of nitrogens with zero attached hydrogens (tertiary/aromatic N) is 2. The first kappa shape index (κ1) is 13.1. The number of nitrogens with two attached hydrogens (primary N) is 1. The number of nitrogens with one attached hydrogen (secondary N) is 2. The van der Waals surface area contributed by atoms with Gasteiger partial charge in [0, 0.05) is 18.0 Å². The van der Waals surface area contributed by atoms with Crippen LogP contribution >= 0.6 is 0 Å². The number of aromatic nitrogens is 2. The Balaban J connectivity index is 2.18. The van der Waals surface area contributed by atoms with Crippen LogP contribution in [0.25, 0.3) is 0 Å². The van der Waals surface area contributed by atoms with Gasteiger partial charge in [-0.3, -0.25) is 0 Å². The Morgan fingerprint density at radius 2 is 1.94 bits per heavy atom. The second kappa shape index (κ2) is 5.52. The summed E-state index contributed by atoms with van der Waals surface area (Å²) in [5, 5.41) is 3.50. The molecule has 5 nitrogen and oxygen atoms in total. The minimum Gasteiger partial charge on any atom is -0.367 e. The van der Waals surface area contributed by atoms with E-state index in [-0.39, 0.29) is 0 Å². The van der Waals surface area contributed by atoms with Gasteiger partial charge >= 0.3 is 0 Å². The number of nitrogen functional groups attached to an aromatic ring is 1. The zero-order valence-electron chi connectivity index (χ0n) is 11.5. The van der Waals surface area contributed by atoms with Gasteiger partial charge in [-0.15, -0.1) is 0 Å². The van der Waals surface area contributed by atoms with Gasteiger partial charge < -0.3 is 10.7 Å². The minimum atomic E-state index is 0.550. The van der Waals surface area contributed by atoms with Gasteiger partial charge in [0.25, 0.3) is 0 Å². The van der Waals surface area contributed by atoms with Crippen LogP contribution in [0.15, 0.2) is 0 Å². The molecule has 0 atom stereocenters. The maximum Gasteiger partial charge on any atom is 0.148 e. The molecular weight excluding hydrogens is 226 g/mol. The molecule has 5 heteroatoms. The maximum absolute atomic E-state index is 5.52. The van der Waals surface area contributed by atoms with Crippen molar-refractivity contribution in [2.24, 2.45) is 11.8 Å². The summed E-state index contributed by atoms with van der Waals surface area (Å²) in [4.78, 5) is 9.02. The van der Waals surface area contributed by atoms with E-state index >= 15 is 0 Å². The third-order valence-electron chi connectivity index (χ3n) is 3.52. The lowest BCUT2D eigenvalue weighted by atomic mass is 9.82. The van der Waals surface area contributed by atoms with Crippen LogP contribution in [0.5, 0.6) is 0 Å². The second-order valence-electron chi connectivity index (χ2n) is 5.27. The van der Waals surface area contributed by atoms with Crippen molar-refractivity contribution in [3.8, 4) is 0 Å². The van der Waals surface area contributed by atoms with E-state index in [1.807, 2.05) is 6.92 Å². The highest BCUT2D eigenvalue weighted by molar-refractivity contribution is 5.57. The SMILES string of the molecule is CCCc1nc(NN)c(C)c(NC2CC(C)C2)n1. The van der Waals surface area contributed by atoms with E-state index in [4.69, 9.17) is 5.84 Å². The summed E-state index contributed by atoms with van der Waals surface area (Å²) in [6, 6.07) is 0.550. The van der Waals surface area contributed by atoms with Gasteiger partial charge in [0.2, 0.25) is 0 Å². The largest absolute Gasteiger partial charge is 0.367 e. The van der Waals surface area contributed by atoms with Gasteiger partial charge in [-0.1, -0.05) is 13.8 Å². The van der Waals surface area contributed by atoms with Gasteiger partial charge in [0.05, 0.1) is 0 Å². The molecule has 1 aliphatic carbocycles. The van der Waals surface area contributed by atoms with E-state index in [1.54, 1.807) is 0 Å².